The van der Waals surface area contributed by atoms with Gasteiger partial charge < -0.3 is 25.0 Å². The molecular formula is C20H28N4O4. The molecule has 1 fully saturated rings. The molecule has 1 heterocycles. The zero-order chi connectivity index (χ0) is 20.9. The second-order valence-electron chi connectivity index (χ2n) is 7.80. The summed E-state index contributed by atoms with van der Waals surface area (Å²) in [5, 5.41) is 14.9. The molecule has 0 spiro atoms. The van der Waals surface area contributed by atoms with E-state index in [0.29, 0.717) is 17.9 Å². The Morgan fingerprint density at radius 3 is 2.68 bits per heavy atom. The molecule has 1 saturated heterocycles. The Morgan fingerprint density at radius 1 is 1.36 bits per heavy atom. The number of nitriles is 1. The summed E-state index contributed by atoms with van der Waals surface area (Å²) in [5.41, 5.74) is 0.731. The molecule has 0 saturated carbocycles. The molecular weight excluding hydrogens is 360 g/mol. The Hall–Kier alpha value is -2.95. The van der Waals surface area contributed by atoms with Gasteiger partial charge in [0.05, 0.1) is 18.4 Å². The van der Waals surface area contributed by atoms with Crippen molar-refractivity contribution >= 4 is 17.7 Å². The van der Waals surface area contributed by atoms with Gasteiger partial charge in [0.2, 0.25) is 5.91 Å². The zero-order valence-electron chi connectivity index (χ0n) is 17.0. The molecule has 1 aliphatic heterocycles. The number of hydrogen-bond donors (Lipinski definition) is 2. The number of ether oxygens (including phenoxy) is 2. The minimum Gasteiger partial charge on any atom is -0.497 e. The van der Waals surface area contributed by atoms with Gasteiger partial charge in [-0.1, -0.05) is 0 Å². The summed E-state index contributed by atoms with van der Waals surface area (Å²) in [5.74, 6) is 0.360. The topological polar surface area (TPSA) is 104 Å². The third-order valence-corrected chi connectivity index (χ3v) is 4.33. The molecule has 0 aliphatic carbocycles. The van der Waals surface area contributed by atoms with Crippen LogP contribution in [0.2, 0.25) is 0 Å². The number of amides is 2. The largest absolute Gasteiger partial charge is 0.497 e. The van der Waals surface area contributed by atoms with Crippen molar-refractivity contribution in [1.29, 1.82) is 5.26 Å². The average Bonchev–Trinajstić information content (AvgIpc) is 3.07. The molecule has 2 N–H and O–H groups in total. The van der Waals surface area contributed by atoms with Gasteiger partial charge in [0.25, 0.3) is 0 Å². The number of anilines is 1. The van der Waals surface area contributed by atoms with Gasteiger partial charge in [-0.2, -0.15) is 5.26 Å². The predicted octanol–water partition coefficient (Wildman–Crippen LogP) is 2.17. The predicted molar refractivity (Wildman–Crippen MR) is 105 cm³/mol. The lowest BCUT2D eigenvalue weighted by atomic mass is 10.1. The van der Waals surface area contributed by atoms with Crippen molar-refractivity contribution in [1.82, 2.24) is 10.6 Å². The molecule has 2 amide bonds. The summed E-state index contributed by atoms with van der Waals surface area (Å²) in [6.07, 6.45) is 0.127. The number of methoxy groups -OCH3 is 1. The zero-order valence-corrected chi connectivity index (χ0v) is 17.0. The second kappa shape index (κ2) is 8.83. The van der Waals surface area contributed by atoms with E-state index in [2.05, 4.69) is 21.6 Å². The van der Waals surface area contributed by atoms with Gasteiger partial charge >= 0.3 is 6.09 Å². The Morgan fingerprint density at radius 2 is 2.07 bits per heavy atom. The molecule has 0 bridgehead atoms. The van der Waals surface area contributed by atoms with E-state index in [0.717, 1.165) is 18.7 Å². The highest BCUT2D eigenvalue weighted by atomic mass is 16.6. The van der Waals surface area contributed by atoms with Gasteiger partial charge in [0, 0.05) is 19.1 Å². The molecule has 0 radical (unpaired) electrons. The number of benzene rings is 1. The summed E-state index contributed by atoms with van der Waals surface area (Å²) in [6.45, 7) is 8.21. The lowest BCUT2D eigenvalue weighted by molar-refractivity contribution is -0.123. The first-order chi connectivity index (χ1) is 13.1. The van der Waals surface area contributed by atoms with Crippen LogP contribution in [0, 0.1) is 11.3 Å². The van der Waals surface area contributed by atoms with Crippen molar-refractivity contribution in [3.8, 4) is 11.8 Å². The van der Waals surface area contributed by atoms with Gasteiger partial charge in [0.1, 0.15) is 23.5 Å². The lowest BCUT2D eigenvalue weighted by Gasteiger charge is -2.23. The van der Waals surface area contributed by atoms with Crippen LogP contribution in [-0.2, 0) is 9.53 Å². The van der Waals surface area contributed by atoms with E-state index in [9.17, 15) is 14.9 Å². The number of hydrogen-bond acceptors (Lipinski definition) is 6. The van der Waals surface area contributed by atoms with Crippen molar-refractivity contribution < 1.29 is 19.1 Å². The minimum atomic E-state index is -0.709. The van der Waals surface area contributed by atoms with E-state index in [4.69, 9.17) is 9.47 Å². The standard InChI is InChI=1S/C20H28N4O4/c1-13(22-19(26)28-20(2,3)4)18(25)23-15-8-9-24(12-15)17-7-6-16(27-5)10-14(17)11-21/h6-7,10,13,15H,8-9,12H2,1-5H3,(H,22,26)(H,23,25). The van der Waals surface area contributed by atoms with Gasteiger partial charge in [-0.25, -0.2) is 4.79 Å². The molecule has 28 heavy (non-hydrogen) atoms. The first-order valence-electron chi connectivity index (χ1n) is 9.26. The monoisotopic (exact) mass is 388 g/mol. The summed E-state index contributed by atoms with van der Waals surface area (Å²) in [6, 6.07) is 6.79. The second-order valence-corrected chi connectivity index (χ2v) is 7.80. The van der Waals surface area contributed by atoms with E-state index < -0.39 is 17.7 Å². The molecule has 2 unspecified atom stereocenters. The number of nitrogens with zero attached hydrogens (tertiary/aromatic N) is 2. The van der Waals surface area contributed by atoms with E-state index in [1.807, 2.05) is 12.1 Å². The van der Waals surface area contributed by atoms with Crippen LogP contribution in [0.5, 0.6) is 5.75 Å². The average molecular weight is 388 g/mol. The number of nitrogens with one attached hydrogen (secondary N) is 2. The minimum absolute atomic E-state index is 0.0657. The SMILES string of the molecule is COc1ccc(N2CCC(NC(=O)C(C)NC(=O)OC(C)(C)C)C2)c(C#N)c1. The maximum atomic E-state index is 12.4. The Bertz CT molecular complexity index is 766. The molecule has 0 aromatic heterocycles. The van der Waals surface area contributed by atoms with Crippen molar-refractivity contribution in [2.45, 2.75) is 51.8 Å². The Balaban J connectivity index is 1.91. The normalized spacial score (nSPS) is 17.4. The number of rotatable bonds is 5. The van der Waals surface area contributed by atoms with E-state index in [1.54, 1.807) is 40.9 Å². The van der Waals surface area contributed by atoms with E-state index in [-0.39, 0.29) is 11.9 Å². The van der Waals surface area contributed by atoms with Crippen molar-refractivity contribution in [2.24, 2.45) is 0 Å². The Labute approximate surface area is 165 Å². The van der Waals surface area contributed by atoms with Crippen LogP contribution in [0.15, 0.2) is 18.2 Å². The molecule has 152 valence electrons. The summed E-state index contributed by atoms with van der Waals surface area (Å²) in [7, 11) is 1.56. The van der Waals surface area contributed by atoms with Crippen LogP contribution in [0.1, 0.15) is 39.7 Å². The Kier molecular flexibility index (Phi) is 6.73. The molecule has 1 aliphatic rings. The third kappa shape index (κ3) is 5.78. The fraction of sp³-hybridized carbons (Fsp3) is 0.550. The van der Waals surface area contributed by atoms with Gasteiger partial charge in [0.15, 0.2) is 0 Å². The van der Waals surface area contributed by atoms with Crippen LogP contribution in [0.4, 0.5) is 10.5 Å². The first kappa shape index (κ1) is 21.4. The molecule has 2 atom stereocenters. The molecule has 1 aromatic rings. The molecule has 2 rings (SSSR count). The number of alkyl carbamates (subject to hydrolysis) is 1. The highest BCUT2D eigenvalue weighted by molar-refractivity contribution is 5.85. The first-order valence-corrected chi connectivity index (χ1v) is 9.26. The van der Waals surface area contributed by atoms with Crippen molar-refractivity contribution in [3.63, 3.8) is 0 Å². The van der Waals surface area contributed by atoms with Crippen LogP contribution in [0.25, 0.3) is 0 Å². The maximum absolute atomic E-state index is 12.4. The third-order valence-electron chi connectivity index (χ3n) is 4.33. The van der Waals surface area contributed by atoms with Gasteiger partial charge in [-0.05, 0) is 52.3 Å². The quantitative estimate of drug-likeness (QED) is 0.801. The van der Waals surface area contributed by atoms with Gasteiger partial charge in [-0.3, -0.25) is 4.79 Å². The van der Waals surface area contributed by atoms with Crippen LogP contribution in [0.3, 0.4) is 0 Å². The van der Waals surface area contributed by atoms with Gasteiger partial charge in [-0.15, -0.1) is 0 Å². The fourth-order valence-corrected chi connectivity index (χ4v) is 2.98. The highest BCUT2D eigenvalue weighted by Crippen LogP contribution is 2.27. The highest BCUT2D eigenvalue weighted by Gasteiger charge is 2.28. The molecule has 1 aromatic carbocycles. The van der Waals surface area contributed by atoms with Crippen LogP contribution >= 0.6 is 0 Å². The number of carbonyl (C=O) groups is 2. The maximum Gasteiger partial charge on any atom is 0.408 e. The van der Waals surface area contributed by atoms with Crippen LogP contribution in [-0.4, -0.2) is 49.9 Å². The summed E-state index contributed by atoms with van der Waals surface area (Å²) < 4.78 is 10.3. The summed E-state index contributed by atoms with van der Waals surface area (Å²) in [4.78, 5) is 26.3. The molecule has 8 heteroatoms. The molecule has 8 nitrogen and oxygen atoms in total. The van der Waals surface area contributed by atoms with Crippen LogP contribution < -0.4 is 20.3 Å². The fourth-order valence-electron chi connectivity index (χ4n) is 2.98. The van der Waals surface area contributed by atoms with E-state index in [1.165, 1.54) is 0 Å². The van der Waals surface area contributed by atoms with Crippen molar-refractivity contribution in [3.05, 3.63) is 23.8 Å². The summed E-state index contributed by atoms with van der Waals surface area (Å²) >= 11 is 0. The van der Waals surface area contributed by atoms with E-state index >= 15 is 0 Å². The number of carbonyl (C=O) groups excluding carboxylic acids is 2. The van der Waals surface area contributed by atoms with Crippen molar-refractivity contribution in [2.75, 3.05) is 25.1 Å². The smallest absolute Gasteiger partial charge is 0.408 e. The lowest BCUT2D eigenvalue weighted by Crippen LogP contribution is -2.49.